The lowest BCUT2D eigenvalue weighted by atomic mass is 9.92. The number of benzene rings is 1. The van der Waals surface area contributed by atoms with Gasteiger partial charge in [-0.25, -0.2) is 0 Å². The first-order valence-electron chi connectivity index (χ1n) is 4.49. The van der Waals surface area contributed by atoms with Gasteiger partial charge in [0.25, 0.3) is 0 Å². The van der Waals surface area contributed by atoms with Crippen molar-refractivity contribution in [1.82, 2.24) is 0 Å². The second kappa shape index (κ2) is 2.22. The zero-order chi connectivity index (χ0) is 8.84. The Morgan fingerprint density at radius 1 is 1.15 bits per heavy atom. The topological polar surface area (TPSA) is 26.9 Å². The van der Waals surface area contributed by atoms with Gasteiger partial charge in [0.2, 0.25) is 5.52 Å². The number of hydrogen-bond acceptors (Lipinski definition) is 1. The molecule has 1 aliphatic rings. The third-order valence-electron chi connectivity index (χ3n) is 2.73. The van der Waals surface area contributed by atoms with Crippen molar-refractivity contribution in [1.29, 1.82) is 0 Å². The third kappa shape index (κ3) is 0.800. The smallest absolute Gasteiger partial charge is 0.223 e. The van der Waals surface area contributed by atoms with Crippen LogP contribution in [0, 0.1) is 5.21 Å². The molecular weight excluding hydrogens is 162 g/mol. The summed E-state index contributed by atoms with van der Waals surface area (Å²) in [5, 5.41) is 12.8. The van der Waals surface area contributed by atoms with Crippen LogP contribution in [-0.2, 0) is 12.8 Å². The van der Waals surface area contributed by atoms with Gasteiger partial charge < -0.3 is 5.21 Å². The van der Waals surface area contributed by atoms with Crippen LogP contribution in [0.15, 0.2) is 30.3 Å². The first kappa shape index (κ1) is 6.89. The normalized spacial score (nSPS) is 13.8. The van der Waals surface area contributed by atoms with Crippen molar-refractivity contribution in [2.24, 2.45) is 0 Å². The zero-order valence-electron chi connectivity index (χ0n) is 7.16. The summed E-state index contributed by atoms with van der Waals surface area (Å²) >= 11 is 0. The van der Waals surface area contributed by atoms with E-state index in [-0.39, 0.29) is 0 Å². The zero-order valence-corrected chi connectivity index (χ0v) is 7.16. The summed E-state index contributed by atoms with van der Waals surface area (Å²) in [4.78, 5) is 0. The molecule has 13 heavy (non-hydrogen) atoms. The minimum atomic E-state index is 0.793. The Morgan fingerprint density at radius 3 is 2.77 bits per heavy atom. The monoisotopic (exact) mass is 171 g/mol. The minimum absolute atomic E-state index is 0.793. The second-order valence-corrected chi connectivity index (χ2v) is 3.47. The highest BCUT2D eigenvalue weighted by Crippen LogP contribution is 2.23. The van der Waals surface area contributed by atoms with Gasteiger partial charge >= 0.3 is 0 Å². The second-order valence-electron chi connectivity index (χ2n) is 3.47. The molecule has 0 spiro atoms. The first-order chi connectivity index (χ1) is 6.36. The molecule has 2 aromatic rings. The van der Waals surface area contributed by atoms with Gasteiger partial charge in [0, 0.05) is 23.4 Å². The van der Waals surface area contributed by atoms with E-state index in [0.29, 0.717) is 0 Å². The van der Waals surface area contributed by atoms with Crippen LogP contribution in [0.2, 0.25) is 0 Å². The van der Waals surface area contributed by atoms with Crippen LogP contribution in [0.5, 0.6) is 0 Å². The van der Waals surface area contributed by atoms with Crippen LogP contribution in [-0.4, -0.2) is 0 Å². The van der Waals surface area contributed by atoms with Gasteiger partial charge in [-0.2, -0.15) is 4.73 Å². The van der Waals surface area contributed by atoms with Crippen LogP contribution in [0.25, 0.3) is 10.9 Å². The van der Waals surface area contributed by atoms with Gasteiger partial charge in [-0.3, -0.25) is 0 Å². The highest BCUT2D eigenvalue weighted by molar-refractivity contribution is 5.76. The summed E-state index contributed by atoms with van der Waals surface area (Å²) in [5.41, 5.74) is 2.97. The van der Waals surface area contributed by atoms with E-state index in [1.165, 1.54) is 5.56 Å². The van der Waals surface area contributed by atoms with Crippen LogP contribution >= 0.6 is 0 Å². The molecule has 0 bridgehead atoms. The largest absolute Gasteiger partial charge is 0.618 e. The predicted molar refractivity (Wildman–Crippen MR) is 50.3 cm³/mol. The highest BCUT2D eigenvalue weighted by atomic mass is 16.5. The van der Waals surface area contributed by atoms with Crippen LogP contribution < -0.4 is 4.73 Å². The predicted octanol–water partition coefficient (Wildman–Crippen LogP) is 1.57. The molecule has 0 saturated carbocycles. The average molecular weight is 171 g/mol. The molecule has 64 valence electrons. The maximum atomic E-state index is 11.7. The molecule has 2 heteroatoms. The Labute approximate surface area is 76.0 Å². The lowest BCUT2D eigenvalue weighted by Crippen LogP contribution is -2.38. The number of pyridine rings is 1. The van der Waals surface area contributed by atoms with Gasteiger partial charge in [0.05, 0.1) is 0 Å². The molecule has 0 aliphatic heterocycles. The first-order valence-corrected chi connectivity index (χ1v) is 4.49. The molecule has 1 aromatic heterocycles. The van der Waals surface area contributed by atoms with Crippen molar-refractivity contribution in [3.63, 3.8) is 0 Å². The molecule has 2 nitrogen and oxygen atoms in total. The molecule has 0 radical (unpaired) electrons. The molecule has 1 aromatic carbocycles. The number of para-hydroxylation sites is 1. The third-order valence-corrected chi connectivity index (χ3v) is 2.73. The van der Waals surface area contributed by atoms with E-state index in [2.05, 4.69) is 6.07 Å². The molecule has 0 amide bonds. The number of aryl methyl sites for hydroxylation is 1. The number of hydrogen-bond donors (Lipinski definition) is 0. The SMILES string of the molecule is [O-][n+]1c2c(cc3ccccc31)CC2. The summed E-state index contributed by atoms with van der Waals surface area (Å²) < 4.78 is 1.08. The van der Waals surface area contributed by atoms with Crippen molar-refractivity contribution in [3.8, 4) is 0 Å². The van der Waals surface area contributed by atoms with Gasteiger partial charge in [-0.15, -0.1) is 0 Å². The molecule has 1 heterocycles. The summed E-state index contributed by atoms with van der Waals surface area (Å²) in [6.07, 6.45) is 1.99. The Hall–Kier alpha value is -1.57. The van der Waals surface area contributed by atoms with E-state index in [0.717, 1.165) is 34.2 Å². The molecule has 0 saturated heterocycles. The number of aromatic nitrogens is 1. The summed E-state index contributed by atoms with van der Waals surface area (Å²) in [7, 11) is 0. The molecule has 3 rings (SSSR count). The number of nitrogens with zero attached hydrogens (tertiary/aromatic N) is 1. The minimum Gasteiger partial charge on any atom is -0.618 e. The van der Waals surface area contributed by atoms with Crippen molar-refractivity contribution < 1.29 is 4.73 Å². The van der Waals surface area contributed by atoms with Crippen LogP contribution in [0.1, 0.15) is 11.3 Å². The van der Waals surface area contributed by atoms with Gasteiger partial charge in [-0.1, -0.05) is 12.1 Å². The van der Waals surface area contributed by atoms with Crippen LogP contribution in [0.4, 0.5) is 0 Å². The van der Waals surface area contributed by atoms with E-state index < -0.39 is 0 Å². The van der Waals surface area contributed by atoms with Crippen molar-refractivity contribution in [2.75, 3.05) is 0 Å². The Balaban J connectivity index is 2.49. The molecule has 0 atom stereocenters. The molecule has 1 aliphatic carbocycles. The quantitative estimate of drug-likeness (QED) is 0.436. The van der Waals surface area contributed by atoms with Gasteiger partial charge in [0.1, 0.15) is 0 Å². The van der Waals surface area contributed by atoms with Gasteiger partial charge in [-0.05, 0) is 18.6 Å². The molecular formula is C11H9NO. The fourth-order valence-corrected chi connectivity index (χ4v) is 1.90. The molecule has 0 N–H and O–H groups in total. The van der Waals surface area contributed by atoms with E-state index in [9.17, 15) is 5.21 Å². The highest BCUT2D eigenvalue weighted by Gasteiger charge is 2.24. The van der Waals surface area contributed by atoms with E-state index in [1.54, 1.807) is 0 Å². The lowest BCUT2D eigenvalue weighted by molar-refractivity contribution is -0.589. The fraction of sp³-hybridized carbons (Fsp3) is 0.182. The molecule has 0 unspecified atom stereocenters. The van der Waals surface area contributed by atoms with E-state index in [1.807, 2.05) is 24.3 Å². The maximum Gasteiger partial charge on any atom is 0.223 e. The number of fused-ring (bicyclic) bond motifs is 2. The maximum absolute atomic E-state index is 11.7. The Morgan fingerprint density at radius 2 is 2.00 bits per heavy atom. The van der Waals surface area contributed by atoms with Crippen molar-refractivity contribution in [3.05, 3.63) is 46.8 Å². The fourth-order valence-electron chi connectivity index (χ4n) is 1.90. The number of rotatable bonds is 0. The van der Waals surface area contributed by atoms with Crippen LogP contribution in [0.3, 0.4) is 0 Å². The summed E-state index contributed by atoms with van der Waals surface area (Å²) in [6, 6.07) is 9.86. The lowest BCUT2D eigenvalue weighted by Gasteiger charge is -2.18. The van der Waals surface area contributed by atoms with Gasteiger partial charge in [0.15, 0.2) is 5.69 Å². The average Bonchev–Trinajstić information content (AvgIpc) is 2.11. The van der Waals surface area contributed by atoms with Crippen molar-refractivity contribution in [2.45, 2.75) is 12.8 Å². The van der Waals surface area contributed by atoms with Crippen molar-refractivity contribution >= 4 is 10.9 Å². The van der Waals surface area contributed by atoms with E-state index in [4.69, 9.17) is 0 Å². The summed E-state index contributed by atoms with van der Waals surface area (Å²) in [5.74, 6) is 0. The Kier molecular flexibility index (Phi) is 1.18. The summed E-state index contributed by atoms with van der Waals surface area (Å²) in [6.45, 7) is 0. The standard InChI is InChI=1S/C11H9NO/c13-12-10-4-2-1-3-8(10)7-9-5-6-11(9)12/h1-4,7H,5-6H2. The van der Waals surface area contributed by atoms with E-state index >= 15 is 0 Å². The Bertz CT molecular complexity index is 491. The molecule has 0 fully saturated rings.